The lowest BCUT2D eigenvalue weighted by molar-refractivity contribution is 0.562. The Balaban J connectivity index is 2.19. The molecule has 0 aliphatic rings. The minimum absolute atomic E-state index is 0.0469. The molecule has 0 aromatic carbocycles. The van der Waals surface area contributed by atoms with E-state index in [1.54, 1.807) is 12.5 Å². The number of aromatic nitrogens is 6. The number of hydrogen-bond acceptors (Lipinski definition) is 4. The van der Waals surface area contributed by atoms with Crippen molar-refractivity contribution in [2.75, 3.05) is 5.88 Å². The van der Waals surface area contributed by atoms with Crippen molar-refractivity contribution in [1.82, 2.24) is 29.3 Å². The molecule has 3 aromatic rings. The van der Waals surface area contributed by atoms with Crippen LogP contribution in [-0.2, 0) is 13.5 Å². The fourth-order valence-electron chi connectivity index (χ4n) is 2.46. The second-order valence-electron chi connectivity index (χ2n) is 4.81. The summed E-state index contributed by atoms with van der Waals surface area (Å²) in [6, 6.07) is 1.76. The molecule has 8 heteroatoms. The summed E-state index contributed by atoms with van der Waals surface area (Å²) in [5, 5.41) is 8.67. The van der Waals surface area contributed by atoms with Gasteiger partial charge in [-0.05, 0) is 13.0 Å². The molecule has 0 radical (unpaired) electrons. The molecule has 0 bridgehead atoms. The van der Waals surface area contributed by atoms with Crippen molar-refractivity contribution in [3.05, 3.63) is 35.3 Å². The van der Waals surface area contributed by atoms with Crippen molar-refractivity contribution < 1.29 is 0 Å². The van der Waals surface area contributed by atoms with Gasteiger partial charge in [0, 0.05) is 25.5 Å². The Kier molecular flexibility index (Phi) is 3.82. The molecule has 110 valence electrons. The first kappa shape index (κ1) is 14.3. The molecule has 0 amide bonds. The van der Waals surface area contributed by atoms with Crippen molar-refractivity contribution in [2.24, 2.45) is 7.05 Å². The molecule has 0 spiro atoms. The van der Waals surface area contributed by atoms with Crippen LogP contribution in [0.4, 0.5) is 0 Å². The smallest absolute Gasteiger partial charge is 0.160 e. The van der Waals surface area contributed by atoms with E-state index in [4.69, 9.17) is 23.2 Å². The Labute approximate surface area is 131 Å². The van der Waals surface area contributed by atoms with Crippen molar-refractivity contribution in [2.45, 2.75) is 19.4 Å². The zero-order valence-electron chi connectivity index (χ0n) is 11.7. The Morgan fingerprint density at radius 1 is 1.38 bits per heavy atom. The van der Waals surface area contributed by atoms with E-state index in [2.05, 4.69) is 20.2 Å². The van der Waals surface area contributed by atoms with Gasteiger partial charge in [0.05, 0.1) is 11.1 Å². The topological polar surface area (TPSA) is 61.4 Å². The predicted molar refractivity (Wildman–Crippen MR) is 81.8 cm³/mol. The monoisotopic (exact) mass is 324 g/mol. The third-order valence-corrected chi connectivity index (χ3v) is 3.79. The maximum absolute atomic E-state index is 6.00. The van der Waals surface area contributed by atoms with E-state index in [1.165, 1.54) is 0 Å². The summed E-state index contributed by atoms with van der Waals surface area (Å²) in [6.45, 7) is 2.04. The third kappa shape index (κ3) is 2.49. The highest BCUT2D eigenvalue weighted by molar-refractivity contribution is 6.31. The summed E-state index contributed by atoms with van der Waals surface area (Å²) in [6.07, 6.45) is 3.95. The largest absolute Gasteiger partial charge is 0.319 e. The molecule has 1 atom stereocenters. The van der Waals surface area contributed by atoms with Crippen LogP contribution in [0.3, 0.4) is 0 Å². The molecule has 3 aromatic heterocycles. The number of pyridine rings is 1. The summed E-state index contributed by atoms with van der Waals surface area (Å²) >= 11 is 11.9. The normalized spacial score (nSPS) is 13.0. The minimum atomic E-state index is -0.0469. The van der Waals surface area contributed by atoms with Gasteiger partial charge in [0.15, 0.2) is 11.5 Å². The first-order chi connectivity index (χ1) is 10.1. The highest BCUT2D eigenvalue weighted by Gasteiger charge is 2.21. The molecule has 0 saturated heterocycles. The van der Waals surface area contributed by atoms with Gasteiger partial charge >= 0.3 is 0 Å². The van der Waals surface area contributed by atoms with Crippen LogP contribution in [0.25, 0.3) is 11.2 Å². The van der Waals surface area contributed by atoms with E-state index >= 15 is 0 Å². The Hall–Kier alpha value is -1.66. The van der Waals surface area contributed by atoms with Crippen molar-refractivity contribution in [3.8, 4) is 0 Å². The molecule has 0 aliphatic heterocycles. The molecular formula is C13H14Cl2N6. The number of halogens is 2. The van der Waals surface area contributed by atoms with Crippen molar-refractivity contribution >= 4 is 34.4 Å². The lowest BCUT2D eigenvalue weighted by atomic mass is 10.3. The van der Waals surface area contributed by atoms with Crippen LogP contribution in [0.15, 0.2) is 18.6 Å². The zero-order valence-corrected chi connectivity index (χ0v) is 13.2. The van der Waals surface area contributed by atoms with E-state index < -0.39 is 0 Å². The highest BCUT2D eigenvalue weighted by Crippen LogP contribution is 2.25. The summed E-state index contributed by atoms with van der Waals surface area (Å²) in [7, 11) is 1.91. The summed E-state index contributed by atoms with van der Waals surface area (Å²) in [5.74, 6) is 2.19. The molecule has 6 nitrogen and oxygen atoms in total. The van der Waals surface area contributed by atoms with Crippen LogP contribution in [-0.4, -0.2) is 35.2 Å². The molecule has 1 unspecified atom stereocenters. The third-order valence-electron chi connectivity index (χ3n) is 3.40. The number of alkyl halides is 1. The fraction of sp³-hybridized carbons (Fsp3) is 0.385. The maximum atomic E-state index is 6.00. The Morgan fingerprint density at radius 2 is 2.19 bits per heavy atom. The summed E-state index contributed by atoms with van der Waals surface area (Å²) in [5.41, 5.74) is 1.53. The molecule has 0 fully saturated rings. The van der Waals surface area contributed by atoms with Gasteiger partial charge in [-0.15, -0.1) is 21.8 Å². The van der Waals surface area contributed by atoms with Gasteiger partial charge in [-0.3, -0.25) is 0 Å². The second-order valence-corrected chi connectivity index (χ2v) is 5.62. The number of imidazole rings is 1. The maximum Gasteiger partial charge on any atom is 0.160 e. The van der Waals surface area contributed by atoms with Crippen LogP contribution in [0.1, 0.15) is 24.6 Å². The van der Waals surface area contributed by atoms with Crippen LogP contribution in [0.5, 0.6) is 0 Å². The van der Waals surface area contributed by atoms with Gasteiger partial charge in [0.1, 0.15) is 17.7 Å². The second kappa shape index (κ2) is 5.61. The van der Waals surface area contributed by atoms with Crippen LogP contribution >= 0.6 is 23.2 Å². The van der Waals surface area contributed by atoms with Crippen molar-refractivity contribution in [1.29, 1.82) is 0 Å². The molecule has 0 saturated carbocycles. The summed E-state index contributed by atoms with van der Waals surface area (Å²) in [4.78, 5) is 9.01. The van der Waals surface area contributed by atoms with Crippen LogP contribution in [0.2, 0.25) is 5.02 Å². The minimum Gasteiger partial charge on any atom is -0.319 e. The van der Waals surface area contributed by atoms with E-state index in [9.17, 15) is 0 Å². The number of fused-ring (bicyclic) bond motifs is 1. The summed E-state index contributed by atoms with van der Waals surface area (Å²) < 4.78 is 3.93. The molecular weight excluding hydrogens is 311 g/mol. The van der Waals surface area contributed by atoms with Crippen LogP contribution in [0, 0.1) is 0 Å². The van der Waals surface area contributed by atoms with Gasteiger partial charge < -0.3 is 9.13 Å². The molecule has 3 rings (SSSR count). The SMILES string of the molecule is CC(c1nncn1C)n1c(CCCl)nc2cc(Cl)cnc21. The molecule has 0 aliphatic carbocycles. The lowest BCUT2D eigenvalue weighted by Gasteiger charge is -2.15. The van der Waals surface area contributed by atoms with Crippen LogP contribution < -0.4 is 0 Å². The quantitative estimate of drug-likeness (QED) is 0.692. The van der Waals surface area contributed by atoms with Gasteiger partial charge in [-0.2, -0.15) is 0 Å². The van der Waals surface area contributed by atoms with Gasteiger partial charge in [-0.1, -0.05) is 11.6 Å². The highest BCUT2D eigenvalue weighted by atomic mass is 35.5. The van der Waals surface area contributed by atoms with E-state index in [1.807, 2.05) is 29.2 Å². The first-order valence-corrected chi connectivity index (χ1v) is 7.45. The Morgan fingerprint density at radius 3 is 2.86 bits per heavy atom. The van der Waals surface area contributed by atoms with E-state index in [0.717, 1.165) is 22.8 Å². The first-order valence-electron chi connectivity index (χ1n) is 6.54. The standard InChI is InChI=1S/C13H14Cl2N6/c1-8(12-19-17-7-20(12)2)21-11(3-4-14)18-10-5-9(15)6-16-13(10)21/h5-8H,3-4H2,1-2H3. The number of rotatable bonds is 4. The van der Waals surface area contributed by atoms with E-state index in [0.29, 0.717) is 17.3 Å². The lowest BCUT2D eigenvalue weighted by Crippen LogP contribution is -2.15. The molecule has 0 N–H and O–H groups in total. The molecule has 21 heavy (non-hydrogen) atoms. The predicted octanol–water partition coefficient (Wildman–Crippen LogP) is 2.60. The fourth-order valence-corrected chi connectivity index (χ4v) is 2.78. The number of hydrogen-bond donors (Lipinski definition) is 0. The number of aryl methyl sites for hydroxylation is 2. The van der Waals surface area contributed by atoms with Gasteiger partial charge in [0.25, 0.3) is 0 Å². The van der Waals surface area contributed by atoms with Crippen molar-refractivity contribution in [3.63, 3.8) is 0 Å². The average molecular weight is 325 g/mol. The Bertz CT molecular complexity index is 778. The zero-order chi connectivity index (χ0) is 15.0. The van der Waals surface area contributed by atoms with Gasteiger partial charge in [-0.25, -0.2) is 9.97 Å². The number of nitrogens with zero attached hydrogens (tertiary/aromatic N) is 6. The van der Waals surface area contributed by atoms with Gasteiger partial charge in [0.2, 0.25) is 0 Å². The molecule has 3 heterocycles. The average Bonchev–Trinajstić information content (AvgIpc) is 3.01. The van der Waals surface area contributed by atoms with E-state index in [-0.39, 0.29) is 6.04 Å².